The highest BCUT2D eigenvalue weighted by Crippen LogP contribution is 2.21. The first-order valence-electron chi connectivity index (χ1n) is 13.3. The Morgan fingerprint density at radius 1 is 0.854 bits per heavy atom. The number of benzene rings is 2. The molecule has 0 aliphatic carbocycles. The van der Waals surface area contributed by atoms with Crippen LogP contribution in [0.4, 0.5) is 5.69 Å². The van der Waals surface area contributed by atoms with Crippen LogP contribution in [0.3, 0.4) is 0 Å². The lowest BCUT2D eigenvalue weighted by molar-refractivity contribution is -0.132. The van der Waals surface area contributed by atoms with Gasteiger partial charge in [0.25, 0.3) is 0 Å². The van der Waals surface area contributed by atoms with E-state index in [4.69, 9.17) is 4.42 Å². The molecular formula is C30H36N4O7. The molecule has 0 saturated heterocycles. The van der Waals surface area contributed by atoms with Crippen LogP contribution < -0.4 is 26.9 Å². The van der Waals surface area contributed by atoms with Gasteiger partial charge >= 0.3 is 5.63 Å². The summed E-state index contributed by atoms with van der Waals surface area (Å²) in [5.74, 6) is -1.91. The lowest BCUT2D eigenvalue weighted by atomic mass is 10.0. The Kier molecular flexibility index (Phi) is 10.2. The van der Waals surface area contributed by atoms with Gasteiger partial charge < -0.3 is 30.8 Å². The number of aryl methyl sites for hydroxylation is 1. The van der Waals surface area contributed by atoms with Crippen LogP contribution in [-0.2, 0) is 25.6 Å². The van der Waals surface area contributed by atoms with Crippen molar-refractivity contribution in [1.29, 1.82) is 0 Å². The summed E-state index contributed by atoms with van der Waals surface area (Å²) in [6.45, 7) is 8.37. The molecule has 0 bridgehead atoms. The summed E-state index contributed by atoms with van der Waals surface area (Å²) in [4.78, 5) is 62.7. The van der Waals surface area contributed by atoms with Gasteiger partial charge in [0.05, 0.1) is 0 Å². The summed E-state index contributed by atoms with van der Waals surface area (Å²) in [6.07, 6.45) is 0.471. The molecule has 41 heavy (non-hydrogen) atoms. The molecule has 1 heterocycles. The topological polar surface area (TPSA) is 167 Å². The molecule has 11 nitrogen and oxygen atoms in total. The zero-order valence-electron chi connectivity index (χ0n) is 23.7. The Labute approximate surface area is 237 Å². The zero-order chi connectivity index (χ0) is 30.3. The van der Waals surface area contributed by atoms with Crippen molar-refractivity contribution in [2.45, 2.75) is 65.6 Å². The van der Waals surface area contributed by atoms with Crippen LogP contribution in [0.25, 0.3) is 11.0 Å². The number of carbonyl (C=O) groups is 4. The fraction of sp³-hybridized carbons (Fsp3) is 0.367. The largest absolute Gasteiger partial charge is 0.508 e. The third-order valence-electron chi connectivity index (χ3n) is 6.38. The number of rotatable bonds is 11. The monoisotopic (exact) mass is 564 g/mol. The maximum absolute atomic E-state index is 13.2. The number of phenols is 1. The molecule has 0 radical (unpaired) electrons. The quantitative estimate of drug-likeness (QED) is 0.223. The maximum atomic E-state index is 13.2. The predicted molar refractivity (Wildman–Crippen MR) is 154 cm³/mol. The highest BCUT2D eigenvalue weighted by Gasteiger charge is 2.28. The molecular weight excluding hydrogens is 528 g/mol. The summed E-state index contributed by atoms with van der Waals surface area (Å²) in [7, 11) is 0. The molecule has 3 atom stereocenters. The van der Waals surface area contributed by atoms with Crippen molar-refractivity contribution in [2.24, 2.45) is 5.92 Å². The van der Waals surface area contributed by atoms with Gasteiger partial charge in [-0.2, -0.15) is 0 Å². The average molecular weight is 565 g/mol. The first-order chi connectivity index (χ1) is 19.3. The van der Waals surface area contributed by atoms with Crippen molar-refractivity contribution in [3.05, 3.63) is 70.1 Å². The van der Waals surface area contributed by atoms with E-state index in [0.29, 0.717) is 23.3 Å². The summed E-state index contributed by atoms with van der Waals surface area (Å²) in [6, 6.07) is 9.69. The summed E-state index contributed by atoms with van der Waals surface area (Å²) >= 11 is 0. The van der Waals surface area contributed by atoms with E-state index in [1.807, 2.05) is 13.8 Å². The van der Waals surface area contributed by atoms with Gasteiger partial charge in [0.15, 0.2) is 0 Å². The van der Waals surface area contributed by atoms with Gasteiger partial charge in [0.1, 0.15) is 29.5 Å². The van der Waals surface area contributed by atoms with Crippen LogP contribution in [0.15, 0.2) is 57.7 Å². The van der Waals surface area contributed by atoms with E-state index in [1.165, 1.54) is 32.0 Å². The summed E-state index contributed by atoms with van der Waals surface area (Å²) in [5.41, 5.74) is 1.68. The number of aromatic hydroxyl groups is 1. The van der Waals surface area contributed by atoms with Crippen LogP contribution in [0.2, 0.25) is 0 Å². The van der Waals surface area contributed by atoms with Crippen LogP contribution in [0, 0.1) is 12.8 Å². The first-order valence-corrected chi connectivity index (χ1v) is 13.3. The average Bonchev–Trinajstić information content (AvgIpc) is 2.88. The molecule has 3 aromatic rings. The number of hydrogen-bond acceptors (Lipinski definition) is 7. The Bertz CT molecular complexity index is 1480. The lowest BCUT2D eigenvalue weighted by Gasteiger charge is -2.24. The number of phenolic OH excluding ortho intramolecular Hbond substituents is 1. The minimum atomic E-state index is -1.01. The van der Waals surface area contributed by atoms with E-state index in [9.17, 15) is 29.1 Å². The smallest absolute Gasteiger partial charge is 0.336 e. The fourth-order valence-electron chi connectivity index (χ4n) is 4.33. The molecule has 1 aromatic heterocycles. The van der Waals surface area contributed by atoms with E-state index >= 15 is 0 Å². The van der Waals surface area contributed by atoms with Crippen molar-refractivity contribution in [2.75, 3.05) is 5.32 Å². The van der Waals surface area contributed by atoms with Gasteiger partial charge in [-0.25, -0.2) is 4.79 Å². The maximum Gasteiger partial charge on any atom is 0.336 e. The molecule has 3 rings (SSSR count). The van der Waals surface area contributed by atoms with Crippen molar-refractivity contribution in [3.8, 4) is 5.75 Å². The number of anilines is 1. The second-order valence-corrected chi connectivity index (χ2v) is 10.5. The van der Waals surface area contributed by atoms with Crippen LogP contribution in [0.5, 0.6) is 5.75 Å². The molecule has 2 aromatic carbocycles. The number of amides is 4. The van der Waals surface area contributed by atoms with Gasteiger partial charge in [0.2, 0.25) is 23.6 Å². The normalized spacial score (nSPS) is 13.2. The molecule has 11 heteroatoms. The number of hydrogen-bond donors (Lipinski definition) is 5. The van der Waals surface area contributed by atoms with Crippen molar-refractivity contribution in [1.82, 2.24) is 16.0 Å². The lowest BCUT2D eigenvalue weighted by Crippen LogP contribution is -2.55. The summed E-state index contributed by atoms with van der Waals surface area (Å²) in [5, 5.41) is 20.9. The molecule has 0 aliphatic heterocycles. The Balaban J connectivity index is 1.68. The molecule has 5 N–H and O–H groups in total. The second-order valence-electron chi connectivity index (χ2n) is 10.5. The minimum absolute atomic E-state index is 0.0580. The third-order valence-corrected chi connectivity index (χ3v) is 6.38. The SMILES string of the molecule is CC(=O)NC(Cc1ccc(O)cc1)C(=O)NC(C)C(=O)NC(CC(C)C)C(=O)Nc1ccc2c(C)cc(=O)oc2c1. The van der Waals surface area contributed by atoms with Gasteiger partial charge in [0, 0.05) is 36.6 Å². The fourth-order valence-corrected chi connectivity index (χ4v) is 4.33. The molecule has 0 aliphatic rings. The Hall–Kier alpha value is -4.67. The number of fused-ring (bicyclic) bond motifs is 1. The first kappa shape index (κ1) is 30.9. The van der Waals surface area contributed by atoms with E-state index in [-0.39, 0.29) is 18.1 Å². The third kappa shape index (κ3) is 8.92. The van der Waals surface area contributed by atoms with E-state index in [1.54, 1.807) is 37.3 Å². The van der Waals surface area contributed by atoms with Crippen molar-refractivity contribution in [3.63, 3.8) is 0 Å². The molecule has 0 saturated carbocycles. The molecule has 218 valence electrons. The Morgan fingerprint density at radius 3 is 2.17 bits per heavy atom. The van der Waals surface area contributed by atoms with E-state index in [2.05, 4.69) is 21.3 Å². The Morgan fingerprint density at radius 2 is 1.54 bits per heavy atom. The van der Waals surface area contributed by atoms with E-state index < -0.39 is 47.4 Å². The molecule has 0 fully saturated rings. The molecule has 0 spiro atoms. The van der Waals surface area contributed by atoms with Crippen LogP contribution >= 0.6 is 0 Å². The van der Waals surface area contributed by atoms with Crippen molar-refractivity contribution >= 4 is 40.3 Å². The van der Waals surface area contributed by atoms with E-state index in [0.717, 1.165) is 10.9 Å². The minimum Gasteiger partial charge on any atom is -0.508 e. The van der Waals surface area contributed by atoms with Gasteiger partial charge in [-0.1, -0.05) is 26.0 Å². The highest BCUT2D eigenvalue weighted by atomic mass is 16.4. The highest BCUT2D eigenvalue weighted by molar-refractivity contribution is 6.00. The van der Waals surface area contributed by atoms with Crippen LogP contribution in [0.1, 0.15) is 45.2 Å². The second kappa shape index (κ2) is 13.6. The van der Waals surface area contributed by atoms with Crippen molar-refractivity contribution < 1.29 is 28.7 Å². The van der Waals surface area contributed by atoms with Gasteiger partial charge in [-0.15, -0.1) is 0 Å². The van der Waals surface area contributed by atoms with Gasteiger partial charge in [-0.3, -0.25) is 19.2 Å². The van der Waals surface area contributed by atoms with Gasteiger partial charge in [-0.05, 0) is 61.6 Å². The summed E-state index contributed by atoms with van der Waals surface area (Å²) < 4.78 is 5.25. The number of nitrogens with one attached hydrogen (secondary N) is 4. The van der Waals surface area contributed by atoms with Crippen LogP contribution in [-0.4, -0.2) is 46.9 Å². The zero-order valence-corrected chi connectivity index (χ0v) is 23.7. The molecule has 4 amide bonds. The molecule has 3 unspecified atom stereocenters. The standard InChI is InChI=1S/C30H36N4O7/c1-16(2)12-24(30(40)33-21-8-11-23-17(3)13-27(37)41-26(23)15-21)34-28(38)18(4)31-29(39)25(32-19(5)35)14-20-6-9-22(36)10-7-20/h6-11,13,15-16,18,24-25,36H,12,14H2,1-5H3,(H,31,39)(H,32,35)(H,33,40)(H,34,38). The number of carbonyl (C=O) groups excluding carboxylic acids is 4. The predicted octanol–water partition coefficient (Wildman–Crippen LogP) is 2.53.